The molecule has 0 saturated heterocycles. The first-order valence-electron chi connectivity index (χ1n) is 9.92. The third-order valence-corrected chi connectivity index (χ3v) is 5.29. The topological polar surface area (TPSA) is 64.0 Å². The zero-order valence-corrected chi connectivity index (χ0v) is 16.3. The van der Waals surface area contributed by atoms with Crippen molar-refractivity contribution in [1.82, 2.24) is 14.9 Å². The molecule has 0 radical (unpaired) electrons. The Labute approximate surface area is 164 Å². The molecule has 5 heteroatoms. The lowest BCUT2D eigenvalue weighted by molar-refractivity contribution is 0.0932. The van der Waals surface area contributed by atoms with E-state index in [2.05, 4.69) is 24.1 Å². The van der Waals surface area contributed by atoms with Crippen LogP contribution in [0.1, 0.15) is 54.5 Å². The molecule has 4 rings (SSSR count). The Hall–Kier alpha value is -2.95. The molecule has 3 aromatic rings. The van der Waals surface area contributed by atoms with E-state index in [0.29, 0.717) is 22.4 Å². The molecule has 0 unspecified atom stereocenters. The van der Waals surface area contributed by atoms with Crippen LogP contribution in [0.15, 0.2) is 53.3 Å². The van der Waals surface area contributed by atoms with Gasteiger partial charge in [-0.05, 0) is 42.5 Å². The average Bonchev–Trinajstić information content (AvgIpc) is 3.16. The molecule has 0 fully saturated rings. The predicted molar refractivity (Wildman–Crippen MR) is 110 cm³/mol. The molecule has 2 aromatic carbocycles. The molecule has 1 aliphatic rings. The number of aryl methyl sites for hydroxylation is 1. The van der Waals surface area contributed by atoms with E-state index >= 15 is 0 Å². The number of aromatic nitrogens is 2. The number of nitrogens with zero attached hydrogens (tertiary/aromatic N) is 2. The standard InChI is InChI=1S/C23H25N3O2/c1-15(2)13-19(16-7-4-3-5-8-16)25-22(27)17-10-11-18-20(14-17)24-21-9-6-12-26(21)23(18)28/h3-5,7-8,10-11,14-15,19H,6,9,12-13H2,1-2H3,(H,25,27)/t19-/m1/s1. The van der Waals surface area contributed by atoms with Gasteiger partial charge in [0.05, 0.1) is 16.9 Å². The molecule has 1 aliphatic heterocycles. The van der Waals surface area contributed by atoms with E-state index in [4.69, 9.17) is 0 Å². The van der Waals surface area contributed by atoms with Crippen molar-refractivity contribution < 1.29 is 4.79 Å². The van der Waals surface area contributed by atoms with Gasteiger partial charge in [-0.2, -0.15) is 0 Å². The highest BCUT2D eigenvalue weighted by molar-refractivity contribution is 5.97. The zero-order valence-electron chi connectivity index (χ0n) is 16.3. The minimum absolute atomic E-state index is 0.00794. The predicted octanol–water partition coefficient (Wildman–Crippen LogP) is 3.86. The van der Waals surface area contributed by atoms with E-state index in [9.17, 15) is 9.59 Å². The highest BCUT2D eigenvalue weighted by Gasteiger charge is 2.19. The number of fused-ring (bicyclic) bond motifs is 2. The molecule has 5 nitrogen and oxygen atoms in total. The van der Waals surface area contributed by atoms with E-state index < -0.39 is 0 Å². The fourth-order valence-electron chi connectivity index (χ4n) is 3.90. The summed E-state index contributed by atoms with van der Waals surface area (Å²) in [6, 6.07) is 15.2. The van der Waals surface area contributed by atoms with Crippen LogP contribution in [-0.4, -0.2) is 15.5 Å². The van der Waals surface area contributed by atoms with Crippen LogP contribution in [-0.2, 0) is 13.0 Å². The molecular weight excluding hydrogens is 350 g/mol. The van der Waals surface area contributed by atoms with Gasteiger partial charge in [-0.1, -0.05) is 44.2 Å². The van der Waals surface area contributed by atoms with Crippen molar-refractivity contribution in [1.29, 1.82) is 0 Å². The summed E-state index contributed by atoms with van der Waals surface area (Å²) in [5.74, 6) is 1.13. The van der Waals surface area contributed by atoms with Crippen LogP contribution >= 0.6 is 0 Å². The number of nitrogens with one attached hydrogen (secondary N) is 1. The van der Waals surface area contributed by atoms with Crippen LogP contribution in [0.5, 0.6) is 0 Å². The van der Waals surface area contributed by atoms with Crippen LogP contribution in [0, 0.1) is 5.92 Å². The van der Waals surface area contributed by atoms with Crippen LogP contribution in [0.2, 0.25) is 0 Å². The van der Waals surface area contributed by atoms with E-state index in [1.165, 1.54) is 0 Å². The molecule has 1 aromatic heterocycles. The zero-order chi connectivity index (χ0) is 19.7. The summed E-state index contributed by atoms with van der Waals surface area (Å²) in [6.45, 7) is 5.03. The first-order valence-corrected chi connectivity index (χ1v) is 9.92. The molecule has 2 heterocycles. The number of carbonyl (C=O) groups excluding carboxylic acids is 1. The number of benzene rings is 2. The van der Waals surface area contributed by atoms with E-state index in [1.807, 2.05) is 30.3 Å². The second-order valence-electron chi connectivity index (χ2n) is 7.89. The van der Waals surface area contributed by atoms with Gasteiger partial charge >= 0.3 is 0 Å². The Morgan fingerprint density at radius 2 is 1.96 bits per heavy atom. The van der Waals surface area contributed by atoms with Gasteiger partial charge in [0.1, 0.15) is 5.82 Å². The first kappa shape index (κ1) is 18.4. The van der Waals surface area contributed by atoms with Crippen molar-refractivity contribution in [2.24, 2.45) is 5.92 Å². The number of hydrogen-bond acceptors (Lipinski definition) is 3. The van der Waals surface area contributed by atoms with Crippen molar-refractivity contribution in [3.63, 3.8) is 0 Å². The quantitative estimate of drug-likeness (QED) is 0.736. The van der Waals surface area contributed by atoms with Crippen molar-refractivity contribution >= 4 is 16.8 Å². The summed E-state index contributed by atoms with van der Waals surface area (Å²) in [7, 11) is 0. The Morgan fingerprint density at radius 1 is 1.18 bits per heavy atom. The third kappa shape index (κ3) is 3.57. The fourth-order valence-corrected chi connectivity index (χ4v) is 3.90. The number of rotatable bonds is 5. The molecule has 0 spiro atoms. The summed E-state index contributed by atoms with van der Waals surface area (Å²) in [4.78, 5) is 30.2. The van der Waals surface area contributed by atoms with E-state index in [-0.39, 0.29) is 17.5 Å². The maximum absolute atomic E-state index is 13.0. The Kier molecular flexibility index (Phi) is 4.99. The van der Waals surface area contributed by atoms with E-state index in [0.717, 1.165) is 37.2 Å². The summed E-state index contributed by atoms with van der Waals surface area (Å²) in [6.07, 6.45) is 2.61. The van der Waals surface area contributed by atoms with Gasteiger partial charge in [-0.3, -0.25) is 14.2 Å². The molecule has 1 amide bonds. The van der Waals surface area contributed by atoms with Crippen molar-refractivity contribution in [3.05, 3.63) is 75.8 Å². The third-order valence-electron chi connectivity index (χ3n) is 5.29. The second kappa shape index (κ2) is 7.58. The molecule has 0 aliphatic carbocycles. The summed E-state index contributed by atoms with van der Waals surface area (Å²) >= 11 is 0. The monoisotopic (exact) mass is 375 g/mol. The molecule has 144 valence electrons. The Bertz CT molecular complexity index is 1070. The minimum Gasteiger partial charge on any atom is -0.345 e. The van der Waals surface area contributed by atoms with Crippen molar-refractivity contribution in [2.75, 3.05) is 0 Å². The average molecular weight is 375 g/mol. The molecule has 0 bridgehead atoms. The second-order valence-corrected chi connectivity index (χ2v) is 7.89. The highest BCUT2D eigenvalue weighted by atomic mass is 16.1. The van der Waals surface area contributed by atoms with Gasteiger partial charge in [0, 0.05) is 18.5 Å². The minimum atomic E-state index is -0.140. The fraction of sp³-hybridized carbons (Fsp3) is 0.348. The largest absolute Gasteiger partial charge is 0.345 e. The van der Waals surface area contributed by atoms with Gasteiger partial charge < -0.3 is 5.32 Å². The maximum Gasteiger partial charge on any atom is 0.261 e. The maximum atomic E-state index is 13.0. The smallest absolute Gasteiger partial charge is 0.261 e. The summed E-state index contributed by atoms with van der Waals surface area (Å²) in [5.41, 5.74) is 2.23. The summed E-state index contributed by atoms with van der Waals surface area (Å²) < 4.78 is 1.75. The molecular formula is C23H25N3O2. The molecule has 1 N–H and O–H groups in total. The van der Waals surface area contributed by atoms with Gasteiger partial charge in [-0.15, -0.1) is 0 Å². The lowest BCUT2D eigenvalue weighted by Crippen LogP contribution is -2.29. The molecule has 28 heavy (non-hydrogen) atoms. The first-order chi connectivity index (χ1) is 13.5. The van der Waals surface area contributed by atoms with E-state index in [1.54, 1.807) is 22.8 Å². The lowest BCUT2D eigenvalue weighted by Gasteiger charge is -2.21. The van der Waals surface area contributed by atoms with Crippen molar-refractivity contribution in [2.45, 2.75) is 45.7 Å². The normalized spacial score (nSPS) is 14.2. The Morgan fingerprint density at radius 3 is 2.71 bits per heavy atom. The van der Waals surface area contributed by atoms with Crippen molar-refractivity contribution in [3.8, 4) is 0 Å². The van der Waals surface area contributed by atoms with Gasteiger partial charge in [-0.25, -0.2) is 4.98 Å². The highest BCUT2D eigenvalue weighted by Crippen LogP contribution is 2.22. The Balaban J connectivity index is 1.64. The number of carbonyl (C=O) groups is 1. The number of hydrogen-bond donors (Lipinski definition) is 1. The SMILES string of the molecule is CC(C)C[C@@H](NC(=O)c1ccc2c(=O)n3c(nc2c1)CCC3)c1ccccc1. The van der Waals surface area contributed by atoms with Gasteiger partial charge in [0.2, 0.25) is 0 Å². The van der Waals surface area contributed by atoms with Crippen LogP contribution in [0.25, 0.3) is 10.9 Å². The summed E-state index contributed by atoms with van der Waals surface area (Å²) in [5, 5.41) is 3.74. The van der Waals surface area contributed by atoms with Gasteiger partial charge in [0.25, 0.3) is 11.5 Å². The van der Waals surface area contributed by atoms with Crippen LogP contribution in [0.3, 0.4) is 0 Å². The molecule has 0 saturated carbocycles. The number of amides is 1. The van der Waals surface area contributed by atoms with Crippen LogP contribution in [0.4, 0.5) is 0 Å². The van der Waals surface area contributed by atoms with Crippen LogP contribution < -0.4 is 10.9 Å². The lowest BCUT2D eigenvalue weighted by atomic mass is 9.96. The molecule has 1 atom stereocenters. The van der Waals surface area contributed by atoms with Gasteiger partial charge in [0.15, 0.2) is 0 Å².